The van der Waals surface area contributed by atoms with Gasteiger partial charge in [0.05, 0.1) is 13.0 Å². The van der Waals surface area contributed by atoms with Gasteiger partial charge in [-0.25, -0.2) is 4.39 Å². The smallest absolute Gasteiger partial charge is 0.224 e. The Morgan fingerprint density at radius 3 is 2.70 bits per heavy atom. The van der Waals surface area contributed by atoms with Gasteiger partial charge >= 0.3 is 0 Å². The lowest BCUT2D eigenvalue weighted by Gasteiger charge is -2.34. The first-order valence-electron chi connectivity index (χ1n) is 7.89. The fourth-order valence-corrected chi connectivity index (χ4v) is 3.18. The Labute approximate surface area is 135 Å². The topological polar surface area (TPSA) is 49.3 Å². The molecule has 0 saturated carbocycles. The minimum Gasteiger partial charge on any atom is -0.383 e. The van der Waals surface area contributed by atoms with Crippen LogP contribution in [0.4, 0.5) is 4.39 Å². The fourth-order valence-electron chi connectivity index (χ4n) is 3.18. The normalized spacial score (nSPS) is 19.9. The van der Waals surface area contributed by atoms with E-state index in [1.807, 2.05) is 24.3 Å². The number of nitrogens with one attached hydrogen (secondary N) is 1. The molecule has 2 N–H and O–H groups in total. The highest BCUT2D eigenvalue weighted by Gasteiger charge is 2.34. The number of benzene rings is 2. The Bertz CT molecular complexity index is 699. The monoisotopic (exact) mass is 313 g/mol. The van der Waals surface area contributed by atoms with E-state index in [0.717, 1.165) is 29.5 Å². The maximum Gasteiger partial charge on any atom is 0.224 e. The molecule has 4 heteroatoms. The van der Waals surface area contributed by atoms with E-state index in [4.69, 9.17) is 0 Å². The Morgan fingerprint density at radius 1 is 1.17 bits per heavy atom. The van der Waals surface area contributed by atoms with Gasteiger partial charge in [-0.1, -0.05) is 36.4 Å². The second-order valence-corrected chi connectivity index (χ2v) is 6.12. The van der Waals surface area contributed by atoms with Crippen molar-refractivity contribution in [2.45, 2.75) is 31.3 Å². The predicted molar refractivity (Wildman–Crippen MR) is 86.4 cm³/mol. The van der Waals surface area contributed by atoms with E-state index in [2.05, 4.69) is 5.32 Å². The molecule has 2 aromatic carbocycles. The van der Waals surface area contributed by atoms with Crippen molar-refractivity contribution >= 4 is 5.91 Å². The SMILES string of the molecule is O=C(Cc1ccc(F)cc1)NCC1(O)CCCc2ccccc21. The van der Waals surface area contributed by atoms with Crippen molar-refractivity contribution in [3.05, 3.63) is 71.0 Å². The maximum absolute atomic E-state index is 12.9. The molecule has 0 saturated heterocycles. The lowest BCUT2D eigenvalue weighted by atomic mass is 9.79. The van der Waals surface area contributed by atoms with Crippen molar-refractivity contribution in [2.24, 2.45) is 0 Å². The van der Waals surface area contributed by atoms with Crippen molar-refractivity contribution in [1.82, 2.24) is 5.32 Å². The molecule has 1 atom stereocenters. The second-order valence-electron chi connectivity index (χ2n) is 6.12. The quantitative estimate of drug-likeness (QED) is 0.912. The van der Waals surface area contributed by atoms with Gasteiger partial charge in [-0.15, -0.1) is 0 Å². The number of aryl methyl sites for hydroxylation is 1. The summed E-state index contributed by atoms with van der Waals surface area (Å²) in [4.78, 5) is 12.1. The number of rotatable bonds is 4. The zero-order valence-electron chi connectivity index (χ0n) is 12.9. The van der Waals surface area contributed by atoms with E-state index in [1.165, 1.54) is 12.1 Å². The van der Waals surface area contributed by atoms with Gasteiger partial charge in [0.25, 0.3) is 0 Å². The molecule has 0 aliphatic heterocycles. The highest BCUT2D eigenvalue weighted by Crippen LogP contribution is 2.34. The summed E-state index contributed by atoms with van der Waals surface area (Å²) in [6.07, 6.45) is 2.68. The van der Waals surface area contributed by atoms with E-state index in [-0.39, 0.29) is 24.7 Å². The van der Waals surface area contributed by atoms with Crippen LogP contribution in [0.2, 0.25) is 0 Å². The Kier molecular flexibility index (Phi) is 4.44. The Morgan fingerprint density at radius 2 is 1.91 bits per heavy atom. The number of fused-ring (bicyclic) bond motifs is 1. The third-order valence-electron chi connectivity index (χ3n) is 4.41. The molecule has 120 valence electrons. The summed E-state index contributed by atoms with van der Waals surface area (Å²) in [5, 5.41) is 13.7. The summed E-state index contributed by atoms with van der Waals surface area (Å²) in [6.45, 7) is 0.198. The van der Waals surface area contributed by atoms with Crippen molar-refractivity contribution in [3.8, 4) is 0 Å². The zero-order valence-corrected chi connectivity index (χ0v) is 12.9. The summed E-state index contributed by atoms with van der Waals surface area (Å²) in [5.41, 5.74) is 1.80. The highest BCUT2D eigenvalue weighted by atomic mass is 19.1. The molecule has 0 radical (unpaired) electrons. The molecule has 3 rings (SSSR count). The summed E-state index contributed by atoms with van der Waals surface area (Å²) in [5.74, 6) is -0.490. The summed E-state index contributed by atoms with van der Waals surface area (Å²) in [6, 6.07) is 13.7. The standard InChI is InChI=1S/C19H20FNO2/c20-16-9-7-14(8-10-16)12-18(22)21-13-19(23)11-3-5-15-4-1-2-6-17(15)19/h1-2,4,6-10,23H,3,5,11-13H2,(H,21,22). The van der Waals surface area contributed by atoms with E-state index in [0.29, 0.717) is 6.42 Å². The summed E-state index contributed by atoms with van der Waals surface area (Å²) >= 11 is 0. The van der Waals surface area contributed by atoms with Crippen LogP contribution in [-0.2, 0) is 23.2 Å². The molecule has 1 amide bonds. The second kappa shape index (κ2) is 6.50. The number of hydrogen-bond donors (Lipinski definition) is 2. The Hall–Kier alpha value is -2.20. The van der Waals surface area contributed by atoms with Crippen molar-refractivity contribution in [3.63, 3.8) is 0 Å². The number of carbonyl (C=O) groups is 1. The Balaban J connectivity index is 1.64. The third kappa shape index (κ3) is 3.59. The third-order valence-corrected chi connectivity index (χ3v) is 4.41. The zero-order chi connectivity index (χ0) is 16.3. The first kappa shape index (κ1) is 15.7. The molecular formula is C19H20FNO2. The first-order chi connectivity index (χ1) is 11.1. The first-order valence-corrected chi connectivity index (χ1v) is 7.89. The van der Waals surface area contributed by atoms with E-state index >= 15 is 0 Å². The molecule has 0 heterocycles. The number of aliphatic hydroxyl groups is 1. The number of amides is 1. The minimum atomic E-state index is -1.01. The number of carbonyl (C=O) groups excluding carboxylic acids is 1. The van der Waals surface area contributed by atoms with Crippen LogP contribution in [0.15, 0.2) is 48.5 Å². The lowest BCUT2D eigenvalue weighted by molar-refractivity contribution is -0.122. The van der Waals surface area contributed by atoms with Crippen LogP contribution >= 0.6 is 0 Å². The van der Waals surface area contributed by atoms with Gasteiger partial charge < -0.3 is 10.4 Å². The van der Waals surface area contributed by atoms with Gasteiger partial charge in [-0.05, 0) is 48.1 Å². The van der Waals surface area contributed by atoms with Crippen LogP contribution < -0.4 is 5.32 Å². The molecule has 2 aromatic rings. The van der Waals surface area contributed by atoms with Crippen LogP contribution in [0.5, 0.6) is 0 Å². The average Bonchev–Trinajstić information content (AvgIpc) is 2.56. The van der Waals surface area contributed by atoms with E-state index < -0.39 is 5.60 Å². The molecular weight excluding hydrogens is 293 g/mol. The van der Waals surface area contributed by atoms with Crippen LogP contribution in [0.1, 0.15) is 29.5 Å². The fraction of sp³-hybridized carbons (Fsp3) is 0.316. The summed E-state index contributed by atoms with van der Waals surface area (Å²) in [7, 11) is 0. The van der Waals surface area contributed by atoms with Crippen LogP contribution in [0.3, 0.4) is 0 Å². The molecule has 0 spiro atoms. The molecule has 1 aliphatic rings. The minimum absolute atomic E-state index is 0.173. The van der Waals surface area contributed by atoms with Gasteiger partial charge in [0.15, 0.2) is 0 Å². The van der Waals surface area contributed by atoms with Crippen molar-refractivity contribution in [1.29, 1.82) is 0 Å². The van der Waals surface area contributed by atoms with Crippen LogP contribution in [-0.4, -0.2) is 17.6 Å². The van der Waals surface area contributed by atoms with Gasteiger partial charge in [0, 0.05) is 0 Å². The van der Waals surface area contributed by atoms with Crippen molar-refractivity contribution < 1.29 is 14.3 Å². The predicted octanol–water partition coefficient (Wildman–Crippen LogP) is 2.71. The van der Waals surface area contributed by atoms with Crippen LogP contribution in [0.25, 0.3) is 0 Å². The molecule has 3 nitrogen and oxygen atoms in total. The van der Waals surface area contributed by atoms with E-state index in [1.54, 1.807) is 12.1 Å². The van der Waals surface area contributed by atoms with Crippen LogP contribution in [0, 0.1) is 5.82 Å². The summed E-state index contributed by atoms with van der Waals surface area (Å²) < 4.78 is 12.9. The van der Waals surface area contributed by atoms with Crippen molar-refractivity contribution in [2.75, 3.05) is 6.54 Å². The van der Waals surface area contributed by atoms with Gasteiger partial charge in [-0.2, -0.15) is 0 Å². The van der Waals surface area contributed by atoms with Gasteiger partial charge in [0.2, 0.25) is 5.91 Å². The largest absolute Gasteiger partial charge is 0.383 e. The molecule has 0 fully saturated rings. The molecule has 0 aromatic heterocycles. The van der Waals surface area contributed by atoms with E-state index in [9.17, 15) is 14.3 Å². The number of halogens is 1. The molecule has 1 unspecified atom stereocenters. The number of hydrogen-bond acceptors (Lipinski definition) is 2. The molecule has 0 bridgehead atoms. The van der Waals surface area contributed by atoms with Gasteiger partial charge in [0.1, 0.15) is 11.4 Å². The lowest BCUT2D eigenvalue weighted by Crippen LogP contribution is -2.43. The highest BCUT2D eigenvalue weighted by molar-refractivity contribution is 5.78. The average molecular weight is 313 g/mol. The molecule has 1 aliphatic carbocycles. The molecule has 23 heavy (non-hydrogen) atoms. The van der Waals surface area contributed by atoms with Gasteiger partial charge in [-0.3, -0.25) is 4.79 Å². The maximum atomic E-state index is 12.9.